The van der Waals surface area contributed by atoms with Crippen LogP contribution in [0.4, 0.5) is 21.8 Å². The van der Waals surface area contributed by atoms with E-state index >= 15 is 0 Å². The minimum atomic E-state index is -0.341. The number of aromatic nitrogens is 2. The molecule has 2 aromatic rings. The second kappa shape index (κ2) is 6.81. The summed E-state index contributed by atoms with van der Waals surface area (Å²) in [4.78, 5) is 8.52. The molecule has 106 valence electrons. The lowest BCUT2D eigenvalue weighted by atomic mass is 10.3. The lowest BCUT2D eigenvalue weighted by Crippen LogP contribution is -2.10. The number of rotatable bonds is 6. The predicted octanol–water partition coefficient (Wildman–Crippen LogP) is 2.73. The first-order chi connectivity index (χ1) is 9.69. The summed E-state index contributed by atoms with van der Waals surface area (Å²) in [6, 6.07) is 8.23. The summed E-state index contributed by atoms with van der Waals surface area (Å²) in [6.45, 7) is 3.08. The highest BCUT2D eigenvalue weighted by molar-refractivity contribution is 5.55. The molecule has 1 aromatic carbocycles. The highest BCUT2D eigenvalue weighted by Gasteiger charge is 2.05. The van der Waals surface area contributed by atoms with Gasteiger partial charge in [0.05, 0.1) is 12.3 Å². The predicted molar refractivity (Wildman–Crippen MR) is 76.8 cm³/mol. The number of nitrogens with one attached hydrogen (secondary N) is 2. The second-order valence-electron chi connectivity index (χ2n) is 4.24. The summed E-state index contributed by atoms with van der Waals surface area (Å²) >= 11 is 0. The summed E-state index contributed by atoms with van der Waals surface area (Å²) in [5.41, 5.74) is 1.14. The molecule has 0 saturated carbocycles. The Morgan fingerprint density at radius 1 is 1.25 bits per heavy atom. The van der Waals surface area contributed by atoms with Crippen molar-refractivity contribution in [3.63, 3.8) is 0 Å². The van der Waals surface area contributed by atoms with Crippen LogP contribution in [-0.2, 0) is 4.74 Å². The molecule has 0 bridgehead atoms. The van der Waals surface area contributed by atoms with Crippen molar-refractivity contribution < 1.29 is 9.13 Å². The number of nitrogens with zero attached hydrogens (tertiary/aromatic N) is 2. The van der Waals surface area contributed by atoms with Gasteiger partial charge in [0.2, 0.25) is 5.95 Å². The summed E-state index contributed by atoms with van der Waals surface area (Å²) < 4.78 is 18.5. The van der Waals surface area contributed by atoms with Gasteiger partial charge in [0.1, 0.15) is 11.6 Å². The smallest absolute Gasteiger partial charge is 0.229 e. The van der Waals surface area contributed by atoms with Crippen molar-refractivity contribution in [2.75, 3.05) is 30.9 Å². The molecule has 20 heavy (non-hydrogen) atoms. The van der Waals surface area contributed by atoms with Crippen LogP contribution in [0.15, 0.2) is 30.3 Å². The van der Waals surface area contributed by atoms with Crippen LogP contribution < -0.4 is 10.6 Å². The number of anilines is 3. The molecule has 0 aliphatic rings. The minimum absolute atomic E-state index is 0.341. The molecule has 0 amide bonds. The van der Waals surface area contributed by atoms with Gasteiger partial charge in [0, 0.05) is 25.4 Å². The zero-order valence-electron chi connectivity index (χ0n) is 11.5. The molecule has 2 rings (SSSR count). The lowest BCUT2D eigenvalue weighted by Gasteiger charge is -2.10. The molecule has 1 aromatic heterocycles. The normalized spacial score (nSPS) is 10.3. The molecule has 0 aliphatic carbocycles. The van der Waals surface area contributed by atoms with Gasteiger partial charge in [-0.25, -0.2) is 9.37 Å². The molecule has 0 radical (unpaired) electrons. The van der Waals surface area contributed by atoms with E-state index in [-0.39, 0.29) is 5.82 Å². The van der Waals surface area contributed by atoms with Crippen LogP contribution in [0.5, 0.6) is 0 Å². The van der Waals surface area contributed by atoms with Crippen molar-refractivity contribution in [3.8, 4) is 0 Å². The number of hydrogen-bond acceptors (Lipinski definition) is 5. The Labute approximate surface area is 117 Å². The van der Waals surface area contributed by atoms with E-state index in [2.05, 4.69) is 20.6 Å². The molecule has 2 N–H and O–H groups in total. The fourth-order valence-corrected chi connectivity index (χ4v) is 1.68. The third-order valence-corrected chi connectivity index (χ3v) is 2.59. The molecule has 5 nitrogen and oxygen atoms in total. The standard InChI is InChI=1S/C14H17FN4O/c1-10-9-13(16-7-8-20-2)19-14(17-10)18-12-6-4-3-5-11(12)15/h3-6,9H,7-8H2,1-2H3,(H2,16,17,18,19). The highest BCUT2D eigenvalue weighted by atomic mass is 19.1. The van der Waals surface area contributed by atoms with Crippen LogP contribution in [-0.4, -0.2) is 30.2 Å². The zero-order chi connectivity index (χ0) is 14.4. The average Bonchev–Trinajstić information content (AvgIpc) is 2.41. The van der Waals surface area contributed by atoms with Gasteiger partial charge < -0.3 is 15.4 Å². The number of para-hydroxylation sites is 1. The van der Waals surface area contributed by atoms with Gasteiger partial charge in [0.25, 0.3) is 0 Å². The van der Waals surface area contributed by atoms with E-state index in [1.54, 1.807) is 25.3 Å². The average molecular weight is 276 g/mol. The van der Waals surface area contributed by atoms with Gasteiger partial charge in [-0.1, -0.05) is 12.1 Å². The fourth-order valence-electron chi connectivity index (χ4n) is 1.68. The molecule has 0 spiro atoms. The van der Waals surface area contributed by atoms with Crippen LogP contribution in [0.2, 0.25) is 0 Å². The highest BCUT2D eigenvalue weighted by Crippen LogP contribution is 2.18. The van der Waals surface area contributed by atoms with Gasteiger partial charge in [0.15, 0.2) is 0 Å². The second-order valence-corrected chi connectivity index (χ2v) is 4.24. The summed E-state index contributed by atoms with van der Waals surface area (Å²) in [7, 11) is 1.64. The molecule has 0 fully saturated rings. The van der Waals surface area contributed by atoms with Crippen LogP contribution >= 0.6 is 0 Å². The van der Waals surface area contributed by atoms with E-state index in [9.17, 15) is 4.39 Å². The number of hydrogen-bond donors (Lipinski definition) is 2. The summed E-state index contributed by atoms with van der Waals surface area (Å²) in [5, 5.41) is 5.99. The van der Waals surface area contributed by atoms with E-state index < -0.39 is 0 Å². The van der Waals surface area contributed by atoms with E-state index in [0.29, 0.717) is 30.6 Å². The Kier molecular flexibility index (Phi) is 4.84. The van der Waals surface area contributed by atoms with Crippen molar-refractivity contribution in [1.29, 1.82) is 0 Å². The Morgan fingerprint density at radius 2 is 2.05 bits per heavy atom. The van der Waals surface area contributed by atoms with E-state index in [0.717, 1.165) is 5.69 Å². The first kappa shape index (κ1) is 14.2. The molecule has 0 atom stereocenters. The molecular formula is C14H17FN4O. The van der Waals surface area contributed by atoms with Crippen molar-refractivity contribution in [3.05, 3.63) is 41.8 Å². The number of ether oxygens (including phenoxy) is 1. The summed E-state index contributed by atoms with van der Waals surface area (Å²) in [5.74, 6) is 0.690. The monoisotopic (exact) mass is 276 g/mol. The number of methoxy groups -OCH3 is 1. The molecule has 1 heterocycles. The van der Waals surface area contributed by atoms with Crippen LogP contribution in [0.1, 0.15) is 5.69 Å². The maximum Gasteiger partial charge on any atom is 0.229 e. The third kappa shape index (κ3) is 3.89. The summed E-state index contributed by atoms with van der Waals surface area (Å²) in [6.07, 6.45) is 0. The lowest BCUT2D eigenvalue weighted by molar-refractivity contribution is 0.210. The Balaban J connectivity index is 2.13. The van der Waals surface area contributed by atoms with Crippen LogP contribution in [0, 0.1) is 12.7 Å². The maximum atomic E-state index is 13.6. The minimum Gasteiger partial charge on any atom is -0.383 e. The first-order valence-electron chi connectivity index (χ1n) is 6.29. The van der Waals surface area contributed by atoms with Gasteiger partial charge in [-0.2, -0.15) is 4.98 Å². The number of aryl methyl sites for hydroxylation is 1. The largest absolute Gasteiger partial charge is 0.383 e. The Hall–Kier alpha value is -2.21. The Bertz CT molecular complexity index is 577. The quantitative estimate of drug-likeness (QED) is 0.794. The van der Waals surface area contributed by atoms with Crippen molar-refractivity contribution in [2.24, 2.45) is 0 Å². The maximum absolute atomic E-state index is 13.6. The molecule has 0 unspecified atom stereocenters. The molecular weight excluding hydrogens is 259 g/mol. The van der Waals surface area contributed by atoms with E-state index in [4.69, 9.17) is 4.74 Å². The van der Waals surface area contributed by atoms with Gasteiger partial charge in [-0.05, 0) is 19.1 Å². The van der Waals surface area contributed by atoms with Gasteiger partial charge >= 0.3 is 0 Å². The van der Waals surface area contributed by atoms with Gasteiger partial charge in [-0.3, -0.25) is 0 Å². The molecule has 6 heteroatoms. The van der Waals surface area contributed by atoms with Gasteiger partial charge in [-0.15, -0.1) is 0 Å². The third-order valence-electron chi connectivity index (χ3n) is 2.59. The van der Waals surface area contributed by atoms with Crippen LogP contribution in [0.3, 0.4) is 0 Å². The Morgan fingerprint density at radius 3 is 2.80 bits per heavy atom. The van der Waals surface area contributed by atoms with Crippen molar-refractivity contribution in [1.82, 2.24) is 9.97 Å². The topological polar surface area (TPSA) is 59.1 Å². The number of halogens is 1. The first-order valence-corrected chi connectivity index (χ1v) is 6.29. The van der Waals surface area contributed by atoms with E-state index in [1.165, 1.54) is 6.07 Å². The fraction of sp³-hybridized carbons (Fsp3) is 0.286. The molecule has 0 aliphatic heterocycles. The van der Waals surface area contributed by atoms with Crippen molar-refractivity contribution in [2.45, 2.75) is 6.92 Å². The van der Waals surface area contributed by atoms with Crippen molar-refractivity contribution >= 4 is 17.5 Å². The number of benzene rings is 1. The van der Waals surface area contributed by atoms with E-state index in [1.807, 2.05) is 13.0 Å². The zero-order valence-corrected chi connectivity index (χ0v) is 11.5. The van der Waals surface area contributed by atoms with Crippen LogP contribution in [0.25, 0.3) is 0 Å². The SMILES string of the molecule is COCCNc1cc(C)nc(Nc2ccccc2F)n1. The molecule has 0 saturated heterocycles.